The van der Waals surface area contributed by atoms with Gasteiger partial charge in [0.15, 0.2) is 0 Å². The molecular weight excluding hydrogens is 872 g/mol. The summed E-state index contributed by atoms with van der Waals surface area (Å²) < 4.78 is 34.2. The van der Waals surface area contributed by atoms with Gasteiger partial charge in [-0.25, -0.2) is 4.57 Å². The third kappa shape index (κ3) is 35.3. The first-order valence-corrected chi connectivity index (χ1v) is 27.4. The zero-order valence-corrected chi connectivity index (χ0v) is 42.3. The number of hydrogen-bond donors (Lipinski definition) is 6. The zero-order chi connectivity index (χ0) is 49.1. The molecule has 0 aromatic rings. The summed E-state index contributed by atoms with van der Waals surface area (Å²) in [5.74, 6) is -0.494. The van der Waals surface area contributed by atoms with E-state index in [1.54, 1.807) is 0 Å². The Kier molecular flexibility index (Phi) is 40.6. The highest BCUT2D eigenvalue weighted by molar-refractivity contribution is 7.47. The maximum atomic E-state index is 12.9. The molecule has 1 saturated carbocycles. The van der Waals surface area contributed by atoms with Crippen molar-refractivity contribution in [2.45, 2.75) is 230 Å². The quantitative estimate of drug-likeness (QED) is 0.0147. The van der Waals surface area contributed by atoms with Crippen molar-refractivity contribution < 1.29 is 58.3 Å². The molecule has 1 aliphatic rings. The molecule has 1 fully saturated rings. The van der Waals surface area contributed by atoms with E-state index in [9.17, 15) is 39.8 Å². The molecule has 0 radical (unpaired) electrons. The van der Waals surface area contributed by atoms with Crippen LogP contribution in [0.2, 0.25) is 0 Å². The average molecular weight is 965 g/mol. The molecule has 67 heavy (non-hydrogen) atoms. The second-order valence-corrected chi connectivity index (χ2v) is 19.1. The molecule has 13 heteroatoms. The predicted octanol–water partition coefficient (Wildman–Crippen LogP) is 11.7. The summed E-state index contributed by atoms with van der Waals surface area (Å²) in [6.45, 7) is 4.05. The number of ether oxygens (including phenoxy) is 2. The van der Waals surface area contributed by atoms with Crippen LogP contribution in [-0.2, 0) is 27.9 Å². The van der Waals surface area contributed by atoms with E-state index in [0.29, 0.717) is 13.0 Å². The van der Waals surface area contributed by atoms with E-state index in [-0.39, 0.29) is 13.0 Å². The molecule has 0 spiro atoms. The second kappa shape index (κ2) is 43.5. The Morgan fingerprint density at radius 1 is 0.493 bits per heavy atom. The summed E-state index contributed by atoms with van der Waals surface area (Å²) in [7, 11) is -5.04. The van der Waals surface area contributed by atoms with E-state index >= 15 is 0 Å². The van der Waals surface area contributed by atoms with Gasteiger partial charge in [0.1, 0.15) is 42.7 Å². The van der Waals surface area contributed by atoms with Crippen molar-refractivity contribution in [1.29, 1.82) is 0 Å². The fourth-order valence-electron chi connectivity index (χ4n) is 7.45. The molecule has 0 saturated heterocycles. The standard InChI is InChI=1S/C54H93O12P/c1-3-5-7-9-11-13-15-17-19-21-22-23-24-25-26-27-28-30-32-34-36-38-40-42-44-63-45-47(46-64-67(61,62)66-54-52(59)50(57)49(56)51(58)53(54)60)65-48(55)43-41-39-37-35-33-31-29-20-18-16-14-12-10-8-6-4-2/h5,7,11,13,17,19,22-23,25-26,28,30,34,36,47,49-54,56-60H,3-4,6,8-10,12,14-16,18,20-21,24,27,29,31-33,35,37-46H2,1-2H3,(H,61,62)/b7-5-,13-11-,19-17-,23-22-,26-25-,30-28-,36-34-. The Morgan fingerprint density at radius 2 is 0.881 bits per heavy atom. The first-order chi connectivity index (χ1) is 32.5. The first kappa shape index (κ1) is 62.5. The zero-order valence-electron chi connectivity index (χ0n) is 41.4. The lowest BCUT2D eigenvalue weighted by atomic mass is 9.85. The summed E-state index contributed by atoms with van der Waals surface area (Å²) >= 11 is 0. The van der Waals surface area contributed by atoms with Crippen LogP contribution in [0.3, 0.4) is 0 Å². The highest BCUT2D eigenvalue weighted by Gasteiger charge is 2.51. The number of carbonyl (C=O) groups excluding carboxylic acids is 1. The van der Waals surface area contributed by atoms with E-state index in [1.807, 2.05) is 0 Å². The fourth-order valence-corrected chi connectivity index (χ4v) is 8.43. The third-order valence-corrected chi connectivity index (χ3v) is 12.5. The molecule has 0 aliphatic heterocycles. The van der Waals surface area contributed by atoms with Crippen molar-refractivity contribution in [3.05, 3.63) is 85.1 Å². The molecule has 6 unspecified atom stereocenters. The van der Waals surface area contributed by atoms with Gasteiger partial charge in [0, 0.05) is 13.0 Å². The van der Waals surface area contributed by atoms with Gasteiger partial charge in [-0.15, -0.1) is 0 Å². The molecule has 0 amide bonds. The lowest BCUT2D eigenvalue weighted by molar-refractivity contribution is -0.220. The number of phosphoric ester groups is 1. The number of aliphatic hydroxyl groups is 5. The van der Waals surface area contributed by atoms with Gasteiger partial charge in [0.05, 0.1) is 13.2 Å². The number of carbonyl (C=O) groups is 1. The van der Waals surface area contributed by atoms with Crippen molar-refractivity contribution >= 4 is 13.8 Å². The van der Waals surface area contributed by atoms with Crippen LogP contribution < -0.4 is 0 Å². The first-order valence-electron chi connectivity index (χ1n) is 25.9. The molecular formula is C54H93O12P. The monoisotopic (exact) mass is 965 g/mol. The SMILES string of the molecule is CC/C=C\C/C=C\C/C=C\C/C=C\C/C=C\C/C=C\C/C=C\CCCCOCC(COP(=O)(O)OC1C(O)C(O)C(O)C(O)C1O)OC(=O)CCCCCCCCCCCCCCCCCC. The van der Waals surface area contributed by atoms with Crippen LogP contribution in [0.25, 0.3) is 0 Å². The Balaban J connectivity index is 2.38. The molecule has 0 aromatic heterocycles. The summed E-state index contributed by atoms with van der Waals surface area (Å²) in [6, 6.07) is 0. The molecule has 0 heterocycles. The summed E-state index contributed by atoms with van der Waals surface area (Å²) in [6.07, 6.45) is 46.5. The second-order valence-electron chi connectivity index (χ2n) is 17.6. The van der Waals surface area contributed by atoms with Gasteiger partial charge < -0.3 is 39.9 Å². The fraction of sp³-hybridized carbons (Fsp3) is 0.722. The Morgan fingerprint density at radius 3 is 1.31 bits per heavy atom. The number of allylic oxidation sites excluding steroid dienone is 14. The topological polar surface area (TPSA) is 192 Å². The van der Waals surface area contributed by atoms with Gasteiger partial charge in [-0.3, -0.25) is 13.8 Å². The minimum Gasteiger partial charge on any atom is -0.457 e. The van der Waals surface area contributed by atoms with E-state index in [2.05, 4.69) is 98.9 Å². The van der Waals surface area contributed by atoms with Crippen molar-refractivity contribution in [3.63, 3.8) is 0 Å². The smallest absolute Gasteiger partial charge is 0.457 e. The predicted molar refractivity (Wildman–Crippen MR) is 271 cm³/mol. The molecule has 386 valence electrons. The number of unbranched alkanes of at least 4 members (excludes halogenated alkanes) is 17. The molecule has 6 N–H and O–H groups in total. The Labute approximate surface area is 405 Å². The third-order valence-electron chi connectivity index (χ3n) is 11.5. The highest BCUT2D eigenvalue weighted by Crippen LogP contribution is 2.47. The number of hydrogen-bond acceptors (Lipinski definition) is 11. The van der Waals surface area contributed by atoms with Gasteiger partial charge in [0.2, 0.25) is 0 Å². The van der Waals surface area contributed by atoms with E-state index in [1.165, 1.54) is 77.0 Å². The van der Waals surface area contributed by atoms with Crippen LogP contribution in [-0.4, -0.2) is 98.9 Å². The van der Waals surface area contributed by atoms with E-state index < -0.39 is 63.1 Å². The maximum absolute atomic E-state index is 12.9. The number of esters is 1. The summed E-state index contributed by atoms with van der Waals surface area (Å²) in [5.41, 5.74) is 0. The molecule has 6 atom stereocenters. The van der Waals surface area contributed by atoms with Crippen molar-refractivity contribution in [1.82, 2.24) is 0 Å². The van der Waals surface area contributed by atoms with Crippen molar-refractivity contribution in [2.24, 2.45) is 0 Å². The lowest BCUT2D eigenvalue weighted by Crippen LogP contribution is -2.64. The van der Waals surface area contributed by atoms with Gasteiger partial charge in [-0.2, -0.15) is 0 Å². The molecule has 1 aliphatic carbocycles. The van der Waals surface area contributed by atoms with Crippen LogP contribution in [0.4, 0.5) is 0 Å². The van der Waals surface area contributed by atoms with Crippen LogP contribution >= 0.6 is 7.82 Å². The van der Waals surface area contributed by atoms with Crippen molar-refractivity contribution in [2.75, 3.05) is 19.8 Å². The van der Waals surface area contributed by atoms with Crippen LogP contribution in [0, 0.1) is 0 Å². The van der Waals surface area contributed by atoms with Gasteiger partial charge >= 0.3 is 13.8 Å². The van der Waals surface area contributed by atoms with Gasteiger partial charge in [-0.1, -0.05) is 195 Å². The molecule has 0 aromatic carbocycles. The van der Waals surface area contributed by atoms with Crippen LogP contribution in [0.1, 0.15) is 187 Å². The maximum Gasteiger partial charge on any atom is 0.472 e. The van der Waals surface area contributed by atoms with E-state index in [4.69, 9.17) is 18.5 Å². The average Bonchev–Trinajstić information content (AvgIpc) is 3.31. The molecule has 12 nitrogen and oxygen atoms in total. The van der Waals surface area contributed by atoms with Crippen molar-refractivity contribution in [3.8, 4) is 0 Å². The minimum atomic E-state index is -5.04. The highest BCUT2D eigenvalue weighted by atomic mass is 31.2. The number of rotatable bonds is 43. The Bertz CT molecular complexity index is 1420. The Hall–Kier alpha value is -2.48. The minimum absolute atomic E-state index is 0.110. The van der Waals surface area contributed by atoms with Crippen LogP contribution in [0.15, 0.2) is 85.1 Å². The summed E-state index contributed by atoms with van der Waals surface area (Å²) in [4.78, 5) is 23.2. The van der Waals surface area contributed by atoms with Gasteiger partial charge in [-0.05, 0) is 70.6 Å². The van der Waals surface area contributed by atoms with E-state index in [0.717, 1.165) is 83.5 Å². The molecule has 0 bridgehead atoms. The molecule has 1 rings (SSSR count). The van der Waals surface area contributed by atoms with Gasteiger partial charge in [0.25, 0.3) is 0 Å². The number of aliphatic hydroxyl groups excluding tert-OH is 5. The lowest BCUT2D eigenvalue weighted by Gasteiger charge is -2.41. The number of phosphoric acid groups is 1. The van der Waals surface area contributed by atoms with Crippen LogP contribution in [0.5, 0.6) is 0 Å². The largest absolute Gasteiger partial charge is 0.472 e. The summed E-state index contributed by atoms with van der Waals surface area (Å²) in [5, 5.41) is 50.3. The normalized spacial score (nSPS) is 22.0.